The van der Waals surface area contributed by atoms with E-state index >= 15 is 0 Å². The van der Waals surface area contributed by atoms with Crippen molar-refractivity contribution >= 4 is 16.9 Å². The maximum Gasteiger partial charge on any atom is 0.222 e. The Bertz CT molecular complexity index is 738. The normalized spacial score (nSPS) is 22.6. The fourth-order valence-electron chi connectivity index (χ4n) is 4.20. The molecule has 2 saturated heterocycles. The van der Waals surface area contributed by atoms with Gasteiger partial charge in [0.05, 0.1) is 17.1 Å². The van der Waals surface area contributed by atoms with Gasteiger partial charge in [-0.3, -0.25) is 9.69 Å². The highest BCUT2D eigenvalue weighted by Crippen LogP contribution is 2.31. The zero-order valence-electron chi connectivity index (χ0n) is 14.4. The van der Waals surface area contributed by atoms with Crippen molar-refractivity contribution in [1.82, 2.24) is 19.4 Å². The molecule has 3 heterocycles. The van der Waals surface area contributed by atoms with E-state index in [1.54, 1.807) is 0 Å². The van der Waals surface area contributed by atoms with Gasteiger partial charge in [-0.25, -0.2) is 4.98 Å². The largest absolute Gasteiger partial charge is 0.341 e. The average Bonchev–Trinajstić information content (AvgIpc) is 3.17. The third-order valence-corrected chi connectivity index (χ3v) is 5.56. The second-order valence-corrected chi connectivity index (χ2v) is 7.05. The van der Waals surface area contributed by atoms with E-state index in [-0.39, 0.29) is 0 Å². The van der Waals surface area contributed by atoms with Crippen LogP contribution in [0.2, 0.25) is 0 Å². The number of aromatic nitrogens is 2. The van der Waals surface area contributed by atoms with Gasteiger partial charge in [0.15, 0.2) is 0 Å². The molecule has 0 radical (unpaired) electrons. The van der Waals surface area contributed by atoms with Crippen molar-refractivity contribution in [3.63, 3.8) is 0 Å². The fourth-order valence-corrected chi connectivity index (χ4v) is 4.20. The summed E-state index contributed by atoms with van der Waals surface area (Å²) in [6, 6.07) is 8.73. The van der Waals surface area contributed by atoms with E-state index in [4.69, 9.17) is 4.98 Å². The third-order valence-electron chi connectivity index (χ3n) is 5.56. The molecule has 4 rings (SSSR count). The Labute approximate surface area is 143 Å². The van der Waals surface area contributed by atoms with E-state index in [0.717, 1.165) is 51.0 Å². The van der Waals surface area contributed by atoms with E-state index in [0.29, 0.717) is 11.9 Å². The summed E-state index contributed by atoms with van der Waals surface area (Å²) in [4.78, 5) is 21.3. The lowest BCUT2D eigenvalue weighted by atomic mass is 10.0. The lowest BCUT2D eigenvalue weighted by Crippen LogP contribution is -2.40. The number of fused-ring (bicyclic) bond motifs is 1. The molecule has 0 aliphatic carbocycles. The SMILES string of the molecule is Cn1c(C2CCCCN2CCN2CCCC2=O)nc2ccccc21. The Hall–Kier alpha value is -1.88. The van der Waals surface area contributed by atoms with E-state index in [1.165, 1.54) is 24.2 Å². The summed E-state index contributed by atoms with van der Waals surface area (Å²) in [5, 5.41) is 0. The summed E-state index contributed by atoms with van der Waals surface area (Å²) < 4.78 is 2.25. The average molecular weight is 326 g/mol. The number of hydrogen-bond donors (Lipinski definition) is 0. The second-order valence-electron chi connectivity index (χ2n) is 7.05. The van der Waals surface area contributed by atoms with Crippen molar-refractivity contribution in [3.05, 3.63) is 30.1 Å². The quantitative estimate of drug-likeness (QED) is 0.867. The van der Waals surface area contributed by atoms with Crippen LogP contribution in [0.15, 0.2) is 24.3 Å². The van der Waals surface area contributed by atoms with Gasteiger partial charge in [0, 0.05) is 33.1 Å². The molecule has 24 heavy (non-hydrogen) atoms. The Kier molecular flexibility index (Phi) is 4.27. The molecule has 1 unspecified atom stereocenters. The summed E-state index contributed by atoms with van der Waals surface area (Å²) in [7, 11) is 2.13. The lowest BCUT2D eigenvalue weighted by Gasteiger charge is -2.36. The molecule has 1 amide bonds. The van der Waals surface area contributed by atoms with Gasteiger partial charge in [0.2, 0.25) is 5.91 Å². The van der Waals surface area contributed by atoms with Crippen LogP contribution in [0.1, 0.15) is 44.0 Å². The number of carbonyl (C=O) groups excluding carboxylic acids is 1. The van der Waals surface area contributed by atoms with Crippen molar-refractivity contribution < 1.29 is 4.79 Å². The summed E-state index contributed by atoms with van der Waals surface area (Å²) in [5.74, 6) is 1.50. The van der Waals surface area contributed by atoms with Gasteiger partial charge < -0.3 is 9.47 Å². The van der Waals surface area contributed by atoms with Crippen molar-refractivity contribution in [2.45, 2.75) is 38.1 Å². The first-order chi connectivity index (χ1) is 11.7. The fraction of sp³-hybridized carbons (Fsp3) is 0.579. The first kappa shape index (κ1) is 15.6. The van der Waals surface area contributed by atoms with Gasteiger partial charge in [-0.2, -0.15) is 0 Å². The highest BCUT2D eigenvalue weighted by molar-refractivity contribution is 5.78. The first-order valence-electron chi connectivity index (χ1n) is 9.17. The number of nitrogens with zero attached hydrogens (tertiary/aromatic N) is 4. The molecule has 5 nitrogen and oxygen atoms in total. The molecule has 1 atom stereocenters. The molecule has 1 aromatic heterocycles. The highest BCUT2D eigenvalue weighted by Gasteiger charge is 2.29. The van der Waals surface area contributed by atoms with Crippen LogP contribution in [0.4, 0.5) is 0 Å². The number of piperidine rings is 1. The van der Waals surface area contributed by atoms with E-state index in [9.17, 15) is 4.79 Å². The minimum atomic E-state index is 0.325. The third kappa shape index (κ3) is 2.81. The maximum atomic E-state index is 11.9. The Balaban J connectivity index is 1.54. The summed E-state index contributed by atoms with van der Waals surface area (Å²) >= 11 is 0. The summed E-state index contributed by atoms with van der Waals surface area (Å²) in [5.41, 5.74) is 2.28. The molecule has 0 N–H and O–H groups in total. The highest BCUT2D eigenvalue weighted by atomic mass is 16.2. The standard InChI is InChI=1S/C19H26N4O/c1-21-16-8-3-2-7-15(16)20-19(21)17-9-4-5-11-22(17)13-14-23-12-6-10-18(23)24/h2-3,7-8,17H,4-6,9-14H2,1H3. The van der Waals surface area contributed by atoms with E-state index < -0.39 is 0 Å². The number of hydrogen-bond acceptors (Lipinski definition) is 3. The smallest absolute Gasteiger partial charge is 0.222 e. The molecule has 2 aliphatic rings. The monoisotopic (exact) mass is 326 g/mol. The van der Waals surface area contributed by atoms with E-state index in [2.05, 4.69) is 40.8 Å². The second kappa shape index (κ2) is 6.55. The number of benzene rings is 1. The van der Waals surface area contributed by atoms with Gasteiger partial charge >= 0.3 is 0 Å². The molecular formula is C19H26N4O. The number of amides is 1. The predicted octanol–water partition coefficient (Wildman–Crippen LogP) is 2.72. The lowest BCUT2D eigenvalue weighted by molar-refractivity contribution is -0.128. The first-order valence-corrected chi connectivity index (χ1v) is 9.17. The van der Waals surface area contributed by atoms with Gasteiger partial charge in [0.1, 0.15) is 5.82 Å². The molecule has 5 heteroatoms. The molecular weight excluding hydrogens is 300 g/mol. The number of aryl methyl sites for hydroxylation is 1. The molecule has 0 bridgehead atoms. The summed E-state index contributed by atoms with van der Waals surface area (Å²) in [6.45, 7) is 3.86. The zero-order chi connectivity index (χ0) is 16.5. The molecule has 0 spiro atoms. The minimum Gasteiger partial charge on any atom is -0.341 e. The van der Waals surface area contributed by atoms with Gasteiger partial charge in [0.25, 0.3) is 0 Å². The van der Waals surface area contributed by atoms with Crippen molar-refractivity contribution in [2.75, 3.05) is 26.2 Å². The van der Waals surface area contributed by atoms with Crippen molar-refractivity contribution in [3.8, 4) is 0 Å². The van der Waals surface area contributed by atoms with Crippen LogP contribution < -0.4 is 0 Å². The molecule has 2 aromatic rings. The minimum absolute atomic E-state index is 0.325. The van der Waals surface area contributed by atoms with Gasteiger partial charge in [-0.1, -0.05) is 18.6 Å². The maximum absolute atomic E-state index is 11.9. The van der Waals surface area contributed by atoms with Crippen LogP contribution in [0.3, 0.4) is 0 Å². The number of imidazole rings is 1. The van der Waals surface area contributed by atoms with Crippen LogP contribution in [-0.2, 0) is 11.8 Å². The number of likely N-dealkylation sites (tertiary alicyclic amines) is 2. The topological polar surface area (TPSA) is 41.4 Å². The van der Waals surface area contributed by atoms with Crippen LogP contribution in [0.25, 0.3) is 11.0 Å². The van der Waals surface area contributed by atoms with Gasteiger partial charge in [-0.05, 0) is 37.9 Å². The molecule has 2 aliphatic heterocycles. The number of carbonyl (C=O) groups is 1. The van der Waals surface area contributed by atoms with Crippen LogP contribution >= 0.6 is 0 Å². The van der Waals surface area contributed by atoms with Crippen molar-refractivity contribution in [2.24, 2.45) is 7.05 Å². The number of para-hydroxylation sites is 2. The molecule has 1 aromatic carbocycles. The van der Waals surface area contributed by atoms with Crippen LogP contribution in [-0.4, -0.2) is 51.4 Å². The Morgan fingerprint density at radius 3 is 2.79 bits per heavy atom. The van der Waals surface area contributed by atoms with Crippen LogP contribution in [0.5, 0.6) is 0 Å². The Morgan fingerprint density at radius 1 is 1.12 bits per heavy atom. The van der Waals surface area contributed by atoms with Crippen LogP contribution in [0, 0.1) is 0 Å². The number of rotatable bonds is 4. The predicted molar refractivity (Wildman–Crippen MR) is 94.7 cm³/mol. The summed E-state index contributed by atoms with van der Waals surface area (Å²) in [6.07, 6.45) is 5.41. The molecule has 0 saturated carbocycles. The zero-order valence-corrected chi connectivity index (χ0v) is 14.4. The molecule has 2 fully saturated rings. The van der Waals surface area contributed by atoms with E-state index in [1.807, 2.05) is 4.90 Å². The van der Waals surface area contributed by atoms with Gasteiger partial charge in [-0.15, -0.1) is 0 Å². The molecule has 128 valence electrons. The van der Waals surface area contributed by atoms with Crippen molar-refractivity contribution in [1.29, 1.82) is 0 Å². The Morgan fingerprint density at radius 2 is 2.00 bits per heavy atom.